The molecule has 1 amide bonds. The topological polar surface area (TPSA) is 66.4 Å². The predicted molar refractivity (Wildman–Crippen MR) is 78.2 cm³/mol. The molecule has 0 aliphatic carbocycles. The number of nitrogens with one attached hydrogen (secondary N) is 1. The largest absolute Gasteiger partial charge is 0.480 e. The number of carbonyl (C=O) groups is 2. The van der Waals surface area contributed by atoms with Gasteiger partial charge in [0.25, 0.3) is 0 Å². The highest BCUT2D eigenvalue weighted by Crippen LogP contribution is 2.25. The monoisotopic (exact) mass is 417 g/mol. The third kappa shape index (κ3) is 4.12. The number of benzene rings is 1. The molecular weight excluding hydrogens is 413 g/mol. The average Bonchev–Trinajstić information content (AvgIpc) is 2.31. The van der Waals surface area contributed by atoms with Crippen molar-refractivity contribution < 1.29 is 14.7 Å². The SMILES string of the molecule is O=C(O)[C@@H](Br)[C@@H](Br)C(=O)Nc1ccc(Cl)c(Cl)c1. The van der Waals surface area contributed by atoms with E-state index in [9.17, 15) is 9.59 Å². The highest BCUT2D eigenvalue weighted by atomic mass is 79.9. The number of rotatable bonds is 4. The van der Waals surface area contributed by atoms with Crippen molar-refractivity contribution in [1.29, 1.82) is 0 Å². The number of hydrogen-bond acceptors (Lipinski definition) is 2. The number of amides is 1. The third-order valence-corrected chi connectivity index (χ3v) is 5.24. The fraction of sp³-hybridized carbons (Fsp3) is 0.200. The molecule has 1 rings (SSSR count). The van der Waals surface area contributed by atoms with Crippen LogP contribution >= 0.6 is 55.1 Å². The second kappa shape index (κ2) is 6.75. The number of carboxylic acids is 1. The summed E-state index contributed by atoms with van der Waals surface area (Å²) in [5, 5.41) is 11.9. The molecule has 0 saturated heterocycles. The van der Waals surface area contributed by atoms with Gasteiger partial charge in [-0.2, -0.15) is 0 Å². The number of anilines is 1. The van der Waals surface area contributed by atoms with Crippen LogP contribution in [0.1, 0.15) is 0 Å². The predicted octanol–water partition coefficient (Wildman–Crippen LogP) is 3.54. The van der Waals surface area contributed by atoms with Crippen molar-refractivity contribution in [1.82, 2.24) is 0 Å². The Kier molecular flexibility index (Phi) is 5.91. The summed E-state index contributed by atoms with van der Waals surface area (Å²) in [5.74, 6) is -1.64. The van der Waals surface area contributed by atoms with Crippen molar-refractivity contribution in [3.05, 3.63) is 28.2 Å². The summed E-state index contributed by atoms with van der Waals surface area (Å²) in [5.41, 5.74) is 0.434. The van der Waals surface area contributed by atoms with Crippen LogP contribution in [0.4, 0.5) is 5.69 Å². The highest BCUT2D eigenvalue weighted by molar-refractivity contribution is 9.12. The van der Waals surface area contributed by atoms with Gasteiger partial charge in [0.05, 0.1) is 10.0 Å². The van der Waals surface area contributed by atoms with Gasteiger partial charge in [-0.25, -0.2) is 0 Å². The Bertz CT molecular complexity index is 484. The molecule has 4 nitrogen and oxygen atoms in total. The molecule has 98 valence electrons. The first-order valence-corrected chi connectivity index (χ1v) is 7.18. The molecule has 0 spiro atoms. The molecule has 2 N–H and O–H groups in total. The van der Waals surface area contributed by atoms with Crippen molar-refractivity contribution in [3.63, 3.8) is 0 Å². The molecular formula is C10H7Br2Cl2NO3. The summed E-state index contributed by atoms with van der Waals surface area (Å²) in [6, 6.07) is 4.58. The third-order valence-electron chi connectivity index (χ3n) is 1.93. The Labute approximate surface area is 130 Å². The van der Waals surface area contributed by atoms with Gasteiger partial charge in [-0.15, -0.1) is 0 Å². The van der Waals surface area contributed by atoms with E-state index < -0.39 is 21.5 Å². The van der Waals surface area contributed by atoms with E-state index in [1.54, 1.807) is 6.07 Å². The fourth-order valence-electron chi connectivity index (χ4n) is 1.04. The Hall–Kier alpha value is -0.300. The molecule has 8 heteroatoms. The molecule has 2 atom stereocenters. The summed E-state index contributed by atoms with van der Waals surface area (Å²) in [6.45, 7) is 0. The maximum Gasteiger partial charge on any atom is 0.318 e. The molecule has 18 heavy (non-hydrogen) atoms. The molecule has 0 heterocycles. The number of hydrogen-bond donors (Lipinski definition) is 2. The van der Waals surface area contributed by atoms with Crippen molar-refractivity contribution in [3.8, 4) is 0 Å². The number of aliphatic carboxylic acids is 1. The van der Waals surface area contributed by atoms with Gasteiger partial charge in [0, 0.05) is 5.69 Å². The number of carbonyl (C=O) groups excluding carboxylic acids is 1. The fourth-order valence-corrected chi connectivity index (χ4v) is 1.92. The molecule has 0 saturated carbocycles. The van der Waals surface area contributed by atoms with Crippen LogP contribution < -0.4 is 5.32 Å². The second-order valence-corrected chi connectivity index (χ2v) is 6.05. The minimum Gasteiger partial charge on any atom is -0.480 e. The quantitative estimate of drug-likeness (QED) is 0.733. The second-order valence-electron chi connectivity index (χ2n) is 3.26. The molecule has 0 radical (unpaired) electrons. The van der Waals surface area contributed by atoms with E-state index in [0.29, 0.717) is 15.7 Å². The lowest BCUT2D eigenvalue weighted by atomic mass is 10.2. The van der Waals surface area contributed by atoms with Crippen LogP contribution in [0.15, 0.2) is 18.2 Å². The molecule has 0 aromatic heterocycles. The number of carboxylic acid groups (broad SMARTS) is 1. The lowest BCUT2D eigenvalue weighted by Gasteiger charge is -2.13. The zero-order valence-electron chi connectivity index (χ0n) is 8.66. The van der Waals surface area contributed by atoms with Crippen molar-refractivity contribution in [2.75, 3.05) is 5.32 Å². The molecule has 0 unspecified atom stereocenters. The van der Waals surface area contributed by atoms with E-state index >= 15 is 0 Å². The average molecular weight is 420 g/mol. The van der Waals surface area contributed by atoms with Crippen LogP contribution in [0.25, 0.3) is 0 Å². The van der Waals surface area contributed by atoms with Crippen LogP contribution in [0, 0.1) is 0 Å². The van der Waals surface area contributed by atoms with E-state index in [1.165, 1.54) is 12.1 Å². The normalized spacial score (nSPS) is 13.8. The Balaban J connectivity index is 2.75. The van der Waals surface area contributed by atoms with Crippen LogP contribution in [0.2, 0.25) is 10.0 Å². The Morgan fingerprint density at radius 1 is 1.17 bits per heavy atom. The van der Waals surface area contributed by atoms with E-state index in [4.69, 9.17) is 28.3 Å². The minimum absolute atomic E-state index is 0.300. The van der Waals surface area contributed by atoms with E-state index in [2.05, 4.69) is 37.2 Å². The summed E-state index contributed by atoms with van der Waals surface area (Å²) in [6.07, 6.45) is 0. The van der Waals surface area contributed by atoms with E-state index in [1.807, 2.05) is 0 Å². The molecule has 0 aliphatic rings. The van der Waals surface area contributed by atoms with E-state index in [-0.39, 0.29) is 0 Å². The van der Waals surface area contributed by atoms with Gasteiger partial charge in [0.1, 0.15) is 9.65 Å². The van der Waals surface area contributed by atoms with Crippen LogP contribution in [-0.2, 0) is 9.59 Å². The van der Waals surface area contributed by atoms with Crippen LogP contribution in [-0.4, -0.2) is 26.6 Å². The standard InChI is InChI=1S/C10H7Br2Cl2NO3/c11-7(8(12)10(17)18)9(16)15-4-1-2-5(13)6(14)3-4/h1-3,7-8H,(H,15,16)(H,17,18)/t7-,8+/m1/s1. The van der Waals surface area contributed by atoms with Crippen molar-refractivity contribution >= 4 is 72.6 Å². The molecule has 0 bridgehead atoms. The molecule has 1 aromatic rings. The molecule has 0 fully saturated rings. The van der Waals surface area contributed by atoms with Gasteiger partial charge in [0.15, 0.2) is 0 Å². The number of alkyl halides is 2. The summed E-state index contributed by atoms with van der Waals surface area (Å²) in [7, 11) is 0. The summed E-state index contributed by atoms with van der Waals surface area (Å²) >= 11 is 17.4. The van der Waals surface area contributed by atoms with Gasteiger partial charge in [0.2, 0.25) is 5.91 Å². The van der Waals surface area contributed by atoms with Crippen molar-refractivity contribution in [2.45, 2.75) is 9.65 Å². The molecule has 0 aliphatic heterocycles. The first kappa shape index (κ1) is 15.8. The Morgan fingerprint density at radius 3 is 2.28 bits per heavy atom. The van der Waals surface area contributed by atoms with Crippen molar-refractivity contribution in [2.24, 2.45) is 0 Å². The number of halogens is 4. The maximum absolute atomic E-state index is 11.7. The van der Waals surface area contributed by atoms with Crippen LogP contribution in [0.5, 0.6) is 0 Å². The summed E-state index contributed by atoms with van der Waals surface area (Å²) < 4.78 is 0. The Morgan fingerprint density at radius 2 is 1.78 bits per heavy atom. The van der Waals surface area contributed by atoms with Crippen LogP contribution in [0.3, 0.4) is 0 Å². The van der Waals surface area contributed by atoms with E-state index in [0.717, 1.165) is 0 Å². The smallest absolute Gasteiger partial charge is 0.318 e. The molecule has 1 aromatic carbocycles. The van der Waals surface area contributed by atoms with Gasteiger partial charge >= 0.3 is 5.97 Å². The first-order chi connectivity index (χ1) is 8.32. The lowest BCUT2D eigenvalue weighted by Crippen LogP contribution is -2.34. The highest BCUT2D eigenvalue weighted by Gasteiger charge is 2.29. The summed E-state index contributed by atoms with van der Waals surface area (Å²) in [4.78, 5) is 20.5. The first-order valence-electron chi connectivity index (χ1n) is 4.59. The van der Waals surface area contributed by atoms with Gasteiger partial charge in [-0.05, 0) is 18.2 Å². The van der Waals surface area contributed by atoms with Gasteiger partial charge in [-0.1, -0.05) is 55.1 Å². The van der Waals surface area contributed by atoms with Gasteiger partial charge in [-0.3, -0.25) is 9.59 Å². The zero-order valence-corrected chi connectivity index (χ0v) is 13.3. The minimum atomic E-state index is -1.14. The zero-order chi connectivity index (χ0) is 13.9. The maximum atomic E-state index is 11.7. The van der Waals surface area contributed by atoms with Gasteiger partial charge < -0.3 is 10.4 Å². The lowest BCUT2D eigenvalue weighted by molar-refractivity contribution is -0.137.